The van der Waals surface area contributed by atoms with Crippen molar-refractivity contribution >= 4 is 17.9 Å². The van der Waals surface area contributed by atoms with E-state index in [4.69, 9.17) is 14.2 Å². The summed E-state index contributed by atoms with van der Waals surface area (Å²) in [5.74, 6) is -1.03. The van der Waals surface area contributed by atoms with Crippen molar-refractivity contribution < 1.29 is 28.6 Å². The summed E-state index contributed by atoms with van der Waals surface area (Å²) in [6.45, 7) is 6.33. The van der Waals surface area contributed by atoms with Gasteiger partial charge in [0.25, 0.3) is 0 Å². The van der Waals surface area contributed by atoms with E-state index in [-0.39, 0.29) is 44.0 Å². The number of carbonyl (C=O) groups is 3. The highest BCUT2D eigenvalue weighted by Gasteiger charge is 2.19. The Balaban J connectivity index is 4.40. The van der Waals surface area contributed by atoms with Gasteiger partial charge in [-0.1, -0.05) is 264 Å². The average Bonchev–Trinajstić information content (AvgIpc) is 3.41. The second-order valence-electron chi connectivity index (χ2n) is 20.2. The molecular weight excluding hydrogens is 925 g/mol. The van der Waals surface area contributed by atoms with E-state index in [0.29, 0.717) is 19.3 Å². The molecule has 0 rings (SSSR count). The minimum atomic E-state index is -0.828. The van der Waals surface area contributed by atoms with E-state index in [1.807, 2.05) is 12.2 Å². The van der Waals surface area contributed by atoms with E-state index in [2.05, 4.69) is 130 Å². The third kappa shape index (κ3) is 60.6. The van der Waals surface area contributed by atoms with Crippen LogP contribution in [0.3, 0.4) is 0 Å². The van der Waals surface area contributed by atoms with Gasteiger partial charge in [-0.2, -0.15) is 0 Å². The summed E-state index contributed by atoms with van der Waals surface area (Å²) >= 11 is 0. The molecule has 6 heteroatoms. The minimum Gasteiger partial charge on any atom is -0.462 e. The van der Waals surface area contributed by atoms with Crippen molar-refractivity contribution in [3.8, 4) is 0 Å². The number of hydrogen-bond donors (Lipinski definition) is 0. The van der Waals surface area contributed by atoms with Crippen molar-refractivity contribution in [2.45, 2.75) is 284 Å². The van der Waals surface area contributed by atoms with Gasteiger partial charge in [-0.05, 0) is 116 Å². The van der Waals surface area contributed by atoms with Gasteiger partial charge in [0, 0.05) is 19.3 Å². The maximum atomic E-state index is 12.9. The second kappa shape index (κ2) is 62.4. The molecule has 0 fully saturated rings. The quantitative estimate of drug-likeness (QED) is 0.0261. The summed E-state index contributed by atoms with van der Waals surface area (Å²) in [6.07, 6.45) is 86.6. The highest BCUT2D eigenvalue weighted by Crippen LogP contribution is 2.15. The number of hydrogen-bond acceptors (Lipinski definition) is 6. The first kappa shape index (κ1) is 70.8. The zero-order valence-corrected chi connectivity index (χ0v) is 48.8. The van der Waals surface area contributed by atoms with Crippen LogP contribution in [0.4, 0.5) is 0 Å². The summed E-state index contributed by atoms with van der Waals surface area (Å²) in [5, 5.41) is 0. The molecule has 0 radical (unpaired) electrons. The molecule has 0 heterocycles. The van der Waals surface area contributed by atoms with Gasteiger partial charge in [0.2, 0.25) is 0 Å². The Kier molecular flexibility index (Phi) is 58.9. The molecule has 0 aliphatic heterocycles. The molecule has 0 aliphatic rings. The van der Waals surface area contributed by atoms with E-state index in [1.165, 1.54) is 128 Å². The molecule has 0 aliphatic carbocycles. The van der Waals surface area contributed by atoms with Gasteiger partial charge in [-0.15, -0.1) is 0 Å². The van der Waals surface area contributed by atoms with Gasteiger partial charge < -0.3 is 14.2 Å². The molecule has 6 nitrogen and oxygen atoms in total. The largest absolute Gasteiger partial charge is 0.462 e. The van der Waals surface area contributed by atoms with Crippen LogP contribution in [0.1, 0.15) is 278 Å². The standard InChI is InChI=1S/C69H114O6/c1-4-7-10-13-16-19-22-25-27-29-31-32-33-34-35-36-38-39-41-44-47-50-53-56-59-62-68(71)74-65-66(64-73-67(70)61-58-55-52-49-46-43-24-21-18-15-12-9-6-3)75-69(72)63-60-57-54-51-48-45-42-40-37-30-28-26-23-20-17-14-11-8-5-2/h8-9,11-12,17-18,20-21,26,28-29,31,37,40,43,45-46,48,52,55,66H,4-7,10,13-16,19,22-25,27,30,32-36,38-39,41-42,44,47,49-51,53-54,56-65H2,1-3H3/b11-8-,12-9-,20-17-,21-18-,28-26-,31-29-,40-37-,46-43-,48-45-,55-52-. The van der Waals surface area contributed by atoms with Crippen molar-refractivity contribution in [2.24, 2.45) is 0 Å². The number of ether oxygens (including phenoxy) is 3. The molecule has 75 heavy (non-hydrogen) atoms. The van der Waals surface area contributed by atoms with E-state index in [1.54, 1.807) is 0 Å². The van der Waals surface area contributed by atoms with Crippen LogP contribution in [-0.4, -0.2) is 37.2 Å². The normalized spacial score (nSPS) is 12.9. The van der Waals surface area contributed by atoms with Gasteiger partial charge >= 0.3 is 17.9 Å². The van der Waals surface area contributed by atoms with Crippen LogP contribution < -0.4 is 0 Å². The second-order valence-corrected chi connectivity index (χ2v) is 20.2. The number of allylic oxidation sites excluding steroid dienone is 20. The summed E-state index contributed by atoms with van der Waals surface area (Å²) in [7, 11) is 0. The zero-order valence-electron chi connectivity index (χ0n) is 48.8. The van der Waals surface area contributed by atoms with Crippen LogP contribution in [0.5, 0.6) is 0 Å². The lowest BCUT2D eigenvalue weighted by atomic mass is 10.0. The molecule has 0 bridgehead atoms. The summed E-state index contributed by atoms with van der Waals surface area (Å²) < 4.78 is 16.8. The predicted molar refractivity (Wildman–Crippen MR) is 325 cm³/mol. The summed E-state index contributed by atoms with van der Waals surface area (Å²) in [5.41, 5.74) is 0. The van der Waals surface area contributed by atoms with Gasteiger partial charge in [0.1, 0.15) is 13.2 Å². The molecule has 426 valence electrons. The van der Waals surface area contributed by atoms with Crippen LogP contribution in [0.25, 0.3) is 0 Å². The average molecular weight is 1040 g/mol. The van der Waals surface area contributed by atoms with E-state index in [9.17, 15) is 14.4 Å². The lowest BCUT2D eigenvalue weighted by molar-refractivity contribution is -0.166. The SMILES string of the molecule is CC/C=C\C/C=C\C/C=C\C/C=C\C/C=C\CCCCCC(=O)OC(COC(=O)CC/C=C\C/C=C\C/C=C\C/C=C\CC)COC(=O)CCCCCCCCCCCCCCC/C=C\CCCCCCCCCC. The molecule has 0 N–H and O–H groups in total. The third-order valence-corrected chi connectivity index (χ3v) is 12.9. The summed E-state index contributed by atoms with van der Waals surface area (Å²) in [6, 6.07) is 0. The van der Waals surface area contributed by atoms with Crippen molar-refractivity contribution in [3.05, 3.63) is 122 Å². The van der Waals surface area contributed by atoms with Gasteiger partial charge in [0.05, 0.1) is 0 Å². The molecule has 1 unspecified atom stereocenters. The summed E-state index contributed by atoms with van der Waals surface area (Å²) in [4.78, 5) is 38.2. The highest BCUT2D eigenvalue weighted by molar-refractivity contribution is 5.71. The molecule has 0 amide bonds. The van der Waals surface area contributed by atoms with Gasteiger partial charge in [0.15, 0.2) is 6.10 Å². The highest BCUT2D eigenvalue weighted by atomic mass is 16.6. The Morgan fingerprint density at radius 1 is 0.280 bits per heavy atom. The minimum absolute atomic E-state index is 0.116. The Labute approximate surface area is 462 Å². The molecule has 0 spiro atoms. The fourth-order valence-electron chi connectivity index (χ4n) is 8.36. The Morgan fingerprint density at radius 3 is 0.920 bits per heavy atom. The number of esters is 3. The van der Waals surface area contributed by atoms with E-state index < -0.39 is 6.10 Å². The van der Waals surface area contributed by atoms with E-state index >= 15 is 0 Å². The fourth-order valence-corrected chi connectivity index (χ4v) is 8.36. The maximum Gasteiger partial charge on any atom is 0.306 e. The van der Waals surface area contributed by atoms with Crippen LogP contribution in [-0.2, 0) is 28.6 Å². The molecule has 1 atom stereocenters. The lowest BCUT2D eigenvalue weighted by Gasteiger charge is -2.18. The van der Waals surface area contributed by atoms with E-state index in [0.717, 1.165) is 96.3 Å². The van der Waals surface area contributed by atoms with Crippen LogP contribution in [0, 0.1) is 0 Å². The number of unbranched alkanes of at least 4 members (excludes halogenated alkanes) is 24. The van der Waals surface area contributed by atoms with Crippen molar-refractivity contribution in [1.29, 1.82) is 0 Å². The maximum absolute atomic E-state index is 12.9. The van der Waals surface area contributed by atoms with Crippen LogP contribution >= 0.6 is 0 Å². The number of carbonyl (C=O) groups excluding carboxylic acids is 3. The Bertz CT molecular complexity index is 1570. The molecule has 0 aromatic rings. The number of rotatable bonds is 55. The Hall–Kier alpha value is -4.19. The first-order valence-corrected chi connectivity index (χ1v) is 31.0. The third-order valence-electron chi connectivity index (χ3n) is 12.9. The van der Waals surface area contributed by atoms with Crippen LogP contribution in [0.15, 0.2) is 122 Å². The van der Waals surface area contributed by atoms with Crippen molar-refractivity contribution in [3.63, 3.8) is 0 Å². The van der Waals surface area contributed by atoms with Crippen molar-refractivity contribution in [1.82, 2.24) is 0 Å². The molecule has 0 saturated carbocycles. The Morgan fingerprint density at radius 2 is 0.547 bits per heavy atom. The van der Waals surface area contributed by atoms with Gasteiger partial charge in [-0.25, -0.2) is 0 Å². The lowest BCUT2D eigenvalue weighted by Crippen LogP contribution is -2.30. The smallest absolute Gasteiger partial charge is 0.306 e. The molecule has 0 aromatic heterocycles. The molecule has 0 saturated heterocycles. The van der Waals surface area contributed by atoms with Crippen molar-refractivity contribution in [2.75, 3.05) is 13.2 Å². The zero-order chi connectivity index (χ0) is 54.3. The fraction of sp³-hybridized carbons (Fsp3) is 0.667. The first-order valence-electron chi connectivity index (χ1n) is 31.0. The van der Waals surface area contributed by atoms with Gasteiger partial charge in [-0.3, -0.25) is 14.4 Å². The first-order chi connectivity index (χ1) is 37.0. The monoisotopic (exact) mass is 1040 g/mol. The predicted octanol–water partition coefficient (Wildman–Crippen LogP) is 21.2. The van der Waals surface area contributed by atoms with Crippen LogP contribution in [0.2, 0.25) is 0 Å². The molecule has 0 aromatic carbocycles. The topological polar surface area (TPSA) is 78.9 Å². The molecular formula is C69H114O6.